The average Bonchev–Trinajstić information content (AvgIpc) is 3.04. The van der Waals surface area contributed by atoms with Gasteiger partial charge in [-0.3, -0.25) is 0 Å². The van der Waals surface area contributed by atoms with Crippen molar-refractivity contribution < 1.29 is 0 Å². The molecule has 2 heterocycles. The Bertz CT molecular complexity index is 723. The molecule has 5 heteroatoms. The first kappa shape index (κ1) is 12.9. The van der Waals surface area contributed by atoms with E-state index in [2.05, 4.69) is 46.7 Å². The van der Waals surface area contributed by atoms with Gasteiger partial charge in [0.05, 0.1) is 6.54 Å². The van der Waals surface area contributed by atoms with Crippen LogP contribution < -0.4 is 5.73 Å². The number of aromatic nitrogens is 4. The molecule has 0 saturated carbocycles. The van der Waals surface area contributed by atoms with Crippen molar-refractivity contribution in [2.75, 3.05) is 0 Å². The molecule has 0 unspecified atom stereocenters. The van der Waals surface area contributed by atoms with E-state index in [0.29, 0.717) is 19.1 Å². The van der Waals surface area contributed by atoms with Gasteiger partial charge in [-0.15, -0.1) is 0 Å². The highest BCUT2D eigenvalue weighted by Gasteiger charge is 2.12. The molecule has 2 aromatic heterocycles. The van der Waals surface area contributed by atoms with E-state index >= 15 is 0 Å². The minimum atomic E-state index is 0.302. The number of hydrogen-bond acceptors (Lipinski definition) is 3. The van der Waals surface area contributed by atoms with Gasteiger partial charge in [-0.1, -0.05) is 18.2 Å². The predicted molar refractivity (Wildman–Crippen MR) is 79.3 cm³/mol. The second kappa shape index (κ2) is 5.09. The van der Waals surface area contributed by atoms with Gasteiger partial charge in [-0.25, -0.2) is 9.67 Å². The maximum absolute atomic E-state index is 5.88. The smallest absolute Gasteiger partial charge is 0.147 e. The molecule has 0 amide bonds. The van der Waals surface area contributed by atoms with E-state index < -0.39 is 0 Å². The predicted octanol–water partition coefficient (Wildman–Crippen LogP) is 2.32. The van der Waals surface area contributed by atoms with Crippen LogP contribution in [0.15, 0.2) is 36.7 Å². The third kappa shape index (κ3) is 2.10. The summed E-state index contributed by atoms with van der Waals surface area (Å²) >= 11 is 0. The highest BCUT2D eigenvalue weighted by molar-refractivity contribution is 5.81. The minimum Gasteiger partial charge on any atom is -0.336 e. The summed E-state index contributed by atoms with van der Waals surface area (Å²) in [5, 5.41) is 5.50. The number of hydrogen-bond donors (Lipinski definition) is 1. The van der Waals surface area contributed by atoms with Crippen molar-refractivity contribution in [1.82, 2.24) is 19.3 Å². The molecule has 0 saturated heterocycles. The Morgan fingerprint density at radius 2 is 2.05 bits per heavy atom. The fraction of sp³-hybridized carbons (Fsp3) is 0.333. The molecule has 0 spiro atoms. The molecule has 1 aromatic carbocycles. The summed E-state index contributed by atoms with van der Waals surface area (Å²) < 4.78 is 4.17. The number of fused-ring (bicyclic) bond motifs is 1. The minimum absolute atomic E-state index is 0.302. The molecule has 0 atom stereocenters. The van der Waals surface area contributed by atoms with E-state index in [9.17, 15) is 0 Å². The first-order valence-electron chi connectivity index (χ1n) is 6.86. The molecule has 2 N–H and O–H groups in total. The second-order valence-corrected chi connectivity index (χ2v) is 5.20. The Morgan fingerprint density at radius 1 is 1.25 bits per heavy atom. The molecular weight excluding hydrogens is 250 g/mol. The van der Waals surface area contributed by atoms with Crippen molar-refractivity contribution >= 4 is 10.9 Å². The van der Waals surface area contributed by atoms with E-state index in [1.54, 1.807) is 6.33 Å². The first-order valence-corrected chi connectivity index (χ1v) is 6.86. The molecule has 0 aliphatic heterocycles. The van der Waals surface area contributed by atoms with Crippen molar-refractivity contribution in [1.29, 1.82) is 0 Å². The van der Waals surface area contributed by atoms with E-state index in [-0.39, 0.29) is 0 Å². The third-order valence-electron chi connectivity index (χ3n) is 3.54. The summed E-state index contributed by atoms with van der Waals surface area (Å²) in [5.74, 6) is 0.955. The van der Waals surface area contributed by atoms with Gasteiger partial charge in [-0.2, -0.15) is 5.10 Å². The van der Waals surface area contributed by atoms with E-state index in [1.165, 1.54) is 10.9 Å². The lowest BCUT2D eigenvalue weighted by molar-refractivity contribution is 0.496. The van der Waals surface area contributed by atoms with Crippen LogP contribution >= 0.6 is 0 Å². The molecular formula is C15H19N5. The Hall–Kier alpha value is -2.14. The number of nitrogens with two attached hydrogens (primary N) is 1. The van der Waals surface area contributed by atoms with Crippen molar-refractivity contribution in [3.8, 4) is 0 Å². The van der Waals surface area contributed by atoms with Crippen LogP contribution in [0.25, 0.3) is 10.9 Å². The van der Waals surface area contributed by atoms with Gasteiger partial charge in [0.2, 0.25) is 0 Å². The van der Waals surface area contributed by atoms with Gasteiger partial charge in [0.1, 0.15) is 12.2 Å². The zero-order valence-electron chi connectivity index (χ0n) is 11.8. The van der Waals surface area contributed by atoms with E-state index in [1.807, 2.05) is 16.8 Å². The molecule has 3 rings (SSSR count). The van der Waals surface area contributed by atoms with Crippen LogP contribution in [-0.2, 0) is 13.1 Å². The van der Waals surface area contributed by atoms with Crippen LogP contribution in [0.2, 0.25) is 0 Å². The highest BCUT2D eigenvalue weighted by atomic mass is 15.4. The van der Waals surface area contributed by atoms with Crippen molar-refractivity contribution in [3.05, 3.63) is 48.2 Å². The molecule has 0 fully saturated rings. The Kier molecular flexibility index (Phi) is 3.28. The maximum atomic E-state index is 5.88. The lowest BCUT2D eigenvalue weighted by atomic mass is 10.2. The Balaban J connectivity index is 2.07. The fourth-order valence-electron chi connectivity index (χ4n) is 2.58. The maximum Gasteiger partial charge on any atom is 0.147 e. The normalized spacial score (nSPS) is 11.6. The summed E-state index contributed by atoms with van der Waals surface area (Å²) in [5.41, 5.74) is 8.18. The van der Waals surface area contributed by atoms with E-state index in [4.69, 9.17) is 5.73 Å². The zero-order chi connectivity index (χ0) is 14.1. The van der Waals surface area contributed by atoms with Crippen LogP contribution in [0.5, 0.6) is 0 Å². The van der Waals surface area contributed by atoms with Crippen LogP contribution in [0.3, 0.4) is 0 Å². The number of nitrogens with zero attached hydrogens (tertiary/aromatic N) is 4. The lowest BCUT2D eigenvalue weighted by Crippen LogP contribution is -2.14. The quantitative estimate of drug-likeness (QED) is 0.790. The third-order valence-corrected chi connectivity index (χ3v) is 3.54. The van der Waals surface area contributed by atoms with Gasteiger partial charge in [0.25, 0.3) is 0 Å². The monoisotopic (exact) mass is 269 g/mol. The van der Waals surface area contributed by atoms with Crippen LogP contribution in [0, 0.1) is 0 Å². The van der Waals surface area contributed by atoms with Crippen molar-refractivity contribution in [3.63, 3.8) is 0 Å². The standard InChI is InChI=1S/C15H19N5/c1-11(2)20-15(17-10-18-20)9-19-13(8-16)7-12-5-3-4-6-14(12)19/h3-7,10-11H,8-9,16H2,1-2H3. The number of benzene rings is 1. The van der Waals surface area contributed by atoms with Gasteiger partial charge < -0.3 is 10.3 Å². The number of para-hydroxylation sites is 1. The summed E-state index contributed by atoms with van der Waals surface area (Å²) in [6.07, 6.45) is 1.61. The van der Waals surface area contributed by atoms with Crippen LogP contribution in [0.4, 0.5) is 0 Å². The van der Waals surface area contributed by atoms with E-state index in [0.717, 1.165) is 11.5 Å². The van der Waals surface area contributed by atoms with Gasteiger partial charge in [0, 0.05) is 23.8 Å². The Morgan fingerprint density at radius 3 is 2.80 bits per heavy atom. The summed E-state index contributed by atoms with van der Waals surface area (Å²) in [7, 11) is 0. The molecule has 0 bridgehead atoms. The summed E-state index contributed by atoms with van der Waals surface area (Å²) in [4.78, 5) is 4.38. The molecule has 20 heavy (non-hydrogen) atoms. The Labute approximate surface area is 118 Å². The molecule has 5 nitrogen and oxygen atoms in total. The summed E-state index contributed by atoms with van der Waals surface area (Å²) in [6, 6.07) is 10.8. The topological polar surface area (TPSA) is 61.7 Å². The fourth-order valence-corrected chi connectivity index (χ4v) is 2.58. The molecule has 0 aliphatic rings. The van der Waals surface area contributed by atoms with Crippen molar-refractivity contribution in [2.24, 2.45) is 5.73 Å². The van der Waals surface area contributed by atoms with Gasteiger partial charge >= 0.3 is 0 Å². The molecule has 0 radical (unpaired) electrons. The molecule has 104 valence electrons. The van der Waals surface area contributed by atoms with Crippen molar-refractivity contribution in [2.45, 2.75) is 33.0 Å². The van der Waals surface area contributed by atoms with Crippen LogP contribution in [-0.4, -0.2) is 19.3 Å². The lowest BCUT2D eigenvalue weighted by Gasteiger charge is -2.12. The average molecular weight is 269 g/mol. The highest BCUT2D eigenvalue weighted by Crippen LogP contribution is 2.21. The van der Waals surface area contributed by atoms with Gasteiger partial charge in [-0.05, 0) is 31.4 Å². The SMILES string of the molecule is CC(C)n1ncnc1Cn1c(CN)cc2ccccc21. The second-order valence-electron chi connectivity index (χ2n) is 5.20. The summed E-state index contributed by atoms with van der Waals surface area (Å²) in [6.45, 7) is 5.42. The molecule has 0 aliphatic carbocycles. The molecule has 3 aromatic rings. The zero-order valence-corrected chi connectivity index (χ0v) is 11.8. The number of rotatable bonds is 4. The largest absolute Gasteiger partial charge is 0.336 e. The first-order chi connectivity index (χ1) is 9.70. The van der Waals surface area contributed by atoms with Crippen LogP contribution in [0.1, 0.15) is 31.4 Å². The van der Waals surface area contributed by atoms with Gasteiger partial charge in [0.15, 0.2) is 0 Å².